The molecule has 0 heterocycles. The van der Waals surface area contributed by atoms with E-state index in [1.54, 1.807) is 0 Å². The number of carbonyl (C=O) groups excluding carboxylic acids is 2. The Morgan fingerprint density at radius 3 is 1.68 bits per heavy atom. The normalized spacial score (nSPS) is 15.3. The van der Waals surface area contributed by atoms with Gasteiger partial charge in [-0.2, -0.15) is 0 Å². The number of aliphatic hydroxyl groups is 3. The molecule has 0 bridgehead atoms. The molecule has 0 spiro atoms. The molecule has 0 aromatic heterocycles. The summed E-state index contributed by atoms with van der Waals surface area (Å²) in [5.74, 6) is -0.141. The largest absolute Gasteiger partial charge is 0.472 e. The van der Waals surface area contributed by atoms with Crippen molar-refractivity contribution >= 4 is 19.8 Å². The molecule has 2 unspecified atom stereocenters. The van der Waals surface area contributed by atoms with Crippen molar-refractivity contribution in [3.8, 4) is 0 Å². The predicted octanol–water partition coefficient (Wildman–Crippen LogP) is 11.3. The van der Waals surface area contributed by atoms with Gasteiger partial charge in [-0.3, -0.25) is 18.6 Å². The first kappa shape index (κ1) is 56.9. The van der Waals surface area contributed by atoms with Gasteiger partial charge in [0.25, 0.3) is 0 Å². The highest BCUT2D eigenvalue weighted by Crippen LogP contribution is 2.43. The van der Waals surface area contributed by atoms with E-state index in [1.165, 1.54) is 77.0 Å². The van der Waals surface area contributed by atoms with Crippen molar-refractivity contribution in [2.24, 2.45) is 5.92 Å². The van der Waals surface area contributed by atoms with Crippen LogP contribution in [0.15, 0.2) is 48.6 Å². The van der Waals surface area contributed by atoms with Gasteiger partial charge in [-0.15, -0.1) is 0 Å². The average Bonchev–Trinajstić information content (AvgIpc) is 3.22. The zero-order chi connectivity index (χ0) is 43.7. The molecule has 12 heteroatoms. The van der Waals surface area contributed by atoms with Gasteiger partial charge < -0.3 is 29.7 Å². The molecule has 11 nitrogen and oxygen atoms in total. The maximum atomic E-state index is 12.6. The van der Waals surface area contributed by atoms with Gasteiger partial charge in [0.1, 0.15) is 12.7 Å². The second-order valence-corrected chi connectivity index (χ2v) is 17.3. The maximum absolute atomic E-state index is 12.6. The van der Waals surface area contributed by atoms with Gasteiger partial charge in [-0.1, -0.05) is 179 Å². The van der Waals surface area contributed by atoms with Crippen LogP contribution in [0.1, 0.15) is 188 Å². The van der Waals surface area contributed by atoms with Crippen LogP contribution in [0.25, 0.3) is 0 Å². The molecule has 0 fully saturated rings. The Morgan fingerprint density at radius 1 is 0.610 bits per heavy atom. The molecular formula is C47H85O11P. The molecule has 0 amide bonds. The van der Waals surface area contributed by atoms with Crippen LogP contribution < -0.4 is 0 Å². The summed E-state index contributed by atoms with van der Waals surface area (Å²) in [5, 5.41) is 28.2. The Labute approximate surface area is 358 Å². The highest BCUT2D eigenvalue weighted by molar-refractivity contribution is 7.47. The molecule has 0 saturated heterocycles. The van der Waals surface area contributed by atoms with E-state index in [1.807, 2.05) is 24.3 Å². The number of aliphatic hydroxyl groups excluding tert-OH is 3. The lowest BCUT2D eigenvalue weighted by Crippen LogP contribution is -2.29. The molecule has 0 aliphatic carbocycles. The third-order valence-corrected chi connectivity index (χ3v) is 11.0. The molecule has 5 atom stereocenters. The summed E-state index contributed by atoms with van der Waals surface area (Å²) in [5.41, 5.74) is 0. The minimum absolute atomic E-state index is 0.0915. The number of allylic oxidation sites excluding steroid dienone is 7. The molecule has 0 aliphatic heterocycles. The highest BCUT2D eigenvalue weighted by Gasteiger charge is 2.27. The fraction of sp³-hybridized carbons (Fsp3) is 0.787. The monoisotopic (exact) mass is 857 g/mol. The average molecular weight is 857 g/mol. The SMILES string of the molecule is CCCC[C@@H](O)/C=C\C/C=C\C/C=C\C/C=C\CCCC(=O)O[C@H](COC(=O)CCCCCCCCCCCCCCCCC(C)CC)COP(=O)(O)OC[C@@H](O)CO. The molecular weight excluding hydrogens is 771 g/mol. The molecule has 0 radical (unpaired) electrons. The van der Waals surface area contributed by atoms with Crippen molar-refractivity contribution in [2.45, 2.75) is 206 Å². The first-order chi connectivity index (χ1) is 28.5. The first-order valence-electron chi connectivity index (χ1n) is 23.1. The number of ether oxygens (including phenoxy) is 2. The fourth-order valence-corrected chi connectivity index (χ4v) is 6.89. The summed E-state index contributed by atoms with van der Waals surface area (Å²) in [6, 6.07) is 0. The summed E-state index contributed by atoms with van der Waals surface area (Å²) in [4.78, 5) is 35.0. The van der Waals surface area contributed by atoms with E-state index in [9.17, 15) is 29.3 Å². The van der Waals surface area contributed by atoms with Gasteiger partial charge in [0, 0.05) is 12.8 Å². The second kappa shape index (κ2) is 41.3. The van der Waals surface area contributed by atoms with Gasteiger partial charge in [0.05, 0.1) is 25.9 Å². The van der Waals surface area contributed by atoms with Crippen LogP contribution in [0.5, 0.6) is 0 Å². The second-order valence-electron chi connectivity index (χ2n) is 15.8. The molecule has 0 aromatic carbocycles. The summed E-state index contributed by atoms with van der Waals surface area (Å²) in [6.07, 6.45) is 39.8. The molecule has 0 rings (SSSR count). The third kappa shape index (κ3) is 41.0. The van der Waals surface area contributed by atoms with Crippen LogP contribution in [-0.4, -0.2) is 76.9 Å². The van der Waals surface area contributed by atoms with E-state index >= 15 is 0 Å². The Balaban J connectivity index is 4.37. The molecule has 344 valence electrons. The number of esters is 2. The number of carbonyl (C=O) groups is 2. The van der Waals surface area contributed by atoms with E-state index in [-0.39, 0.29) is 25.6 Å². The van der Waals surface area contributed by atoms with Crippen molar-refractivity contribution in [1.29, 1.82) is 0 Å². The summed E-state index contributed by atoms with van der Waals surface area (Å²) >= 11 is 0. The van der Waals surface area contributed by atoms with Crippen LogP contribution in [0, 0.1) is 5.92 Å². The lowest BCUT2D eigenvalue weighted by Gasteiger charge is -2.20. The Hall–Kier alpha value is -2.11. The molecule has 0 aromatic rings. The van der Waals surface area contributed by atoms with Gasteiger partial charge in [-0.05, 0) is 50.9 Å². The number of hydrogen-bond donors (Lipinski definition) is 4. The maximum Gasteiger partial charge on any atom is 0.472 e. The summed E-state index contributed by atoms with van der Waals surface area (Å²) in [7, 11) is -4.64. The molecule has 0 saturated carbocycles. The quantitative estimate of drug-likeness (QED) is 0.0199. The molecule has 0 aliphatic rings. The van der Waals surface area contributed by atoms with E-state index in [4.69, 9.17) is 19.1 Å². The number of rotatable bonds is 42. The lowest BCUT2D eigenvalue weighted by atomic mass is 9.99. The van der Waals surface area contributed by atoms with Gasteiger partial charge in [0.15, 0.2) is 6.10 Å². The first-order valence-corrected chi connectivity index (χ1v) is 24.6. The fourth-order valence-electron chi connectivity index (χ4n) is 6.10. The number of phosphoric acid groups is 1. The van der Waals surface area contributed by atoms with E-state index in [0.717, 1.165) is 63.7 Å². The zero-order valence-electron chi connectivity index (χ0n) is 37.2. The Kier molecular flexibility index (Phi) is 39.8. The zero-order valence-corrected chi connectivity index (χ0v) is 38.1. The highest BCUT2D eigenvalue weighted by atomic mass is 31.2. The van der Waals surface area contributed by atoms with Gasteiger partial charge in [0.2, 0.25) is 0 Å². The third-order valence-electron chi connectivity index (χ3n) is 10.1. The van der Waals surface area contributed by atoms with Crippen molar-refractivity contribution < 1.29 is 52.9 Å². The standard InChI is InChI=1S/C47H85O11P/c1-4-6-34-43(49)35-30-26-22-18-14-11-12-16-20-24-28-32-37-47(52)58-45(41-57-59(53,54)56-39-44(50)38-48)40-55-46(51)36-31-27-23-19-15-10-8-7-9-13-17-21-25-29-33-42(3)5-2/h11-12,18,20,22,24,30,35,42-45,48-50H,4-10,13-17,19,21,23,25-29,31-34,36-41H2,1-3H3,(H,53,54)/b12-11-,22-18-,24-20-,35-30-/t42?,43-,44+,45-/m1/s1. The minimum atomic E-state index is -4.64. The number of phosphoric ester groups is 1. The summed E-state index contributed by atoms with van der Waals surface area (Å²) < 4.78 is 32.7. The Morgan fingerprint density at radius 2 is 1.12 bits per heavy atom. The molecule has 59 heavy (non-hydrogen) atoms. The van der Waals surface area contributed by atoms with Crippen molar-refractivity contribution in [2.75, 3.05) is 26.4 Å². The minimum Gasteiger partial charge on any atom is -0.462 e. The van der Waals surface area contributed by atoms with Crippen molar-refractivity contribution in [3.63, 3.8) is 0 Å². The topological polar surface area (TPSA) is 169 Å². The van der Waals surface area contributed by atoms with Crippen LogP contribution in [0.4, 0.5) is 0 Å². The van der Waals surface area contributed by atoms with Gasteiger partial charge >= 0.3 is 19.8 Å². The van der Waals surface area contributed by atoms with E-state index < -0.39 is 51.8 Å². The van der Waals surface area contributed by atoms with Gasteiger partial charge in [-0.25, -0.2) is 4.57 Å². The van der Waals surface area contributed by atoms with Crippen molar-refractivity contribution in [3.05, 3.63) is 48.6 Å². The number of hydrogen-bond acceptors (Lipinski definition) is 10. The smallest absolute Gasteiger partial charge is 0.462 e. The van der Waals surface area contributed by atoms with Crippen LogP contribution >= 0.6 is 7.82 Å². The molecule has 4 N–H and O–H groups in total. The van der Waals surface area contributed by atoms with Crippen LogP contribution in [0.2, 0.25) is 0 Å². The number of unbranched alkanes of at least 4 members (excludes halogenated alkanes) is 15. The van der Waals surface area contributed by atoms with Crippen LogP contribution in [0.3, 0.4) is 0 Å². The van der Waals surface area contributed by atoms with E-state index in [2.05, 4.69) is 49.6 Å². The lowest BCUT2D eigenvalue weighted by molar-refractivity contribution is -0.161. The van der Waals surface area contributed by atoms with Crippen LogP contribution in [-0.2, 0) is 32.7 Å². The van der Waals surface area contributed by atoms with E-state index in [0.29, 0.717) is 19.3 Å². The summed E-state index contributed by atoms with van der Waals surface area (Å²) in [6.45, 7) is 4.53. The Bertz CT molecular complexity index is 1150. The predicted molar refractivity (Wildman–Crippen MR) is 239 cm³/mol. The van der Waals surface area contributed by atoms with Crippen molar-refractivity contribution in [1.82, 2.24) is 0 Å².